The third kappa shape index (κ3) is 4.51. The van der Waals surface area contributed by atoms with E-state index in [1.165, 1.54) is 28.7 Å². The molecule has 1 fully saturated rings. The maximum absolute atomic E-state index is 12.8. The summed E-state index contributed by atoms with van der Waals surface area (Å²) in [4.78, 5) is 39.8. The first-order valence-corrected chi connectivity index (χ1v) is 11.6. The Labute approximate surface area is 182 Å². The number of thiophene rings is 1. The average molecular weight is 446 g/mol. The minimum atomic E-state index is -0.888. The largest absolute Gasteiger partial charge is 0.337 e. The van der Waals surface area contributed by atoms with Gasteiger partial charge in [-0.2, -0.15) is 0 Å². The van der Waals surface area contributed by atoms with Gasteiger partial charge in [-0.15, -0.1) is 23.1 Å². The molecular formula is C20H23N5O3S2. The standard InChI is InChI=1S/C20H23N5O3S2/c21-17-16(22-18(27)14-8-4-10-29-14)19(28)24-20(23-17)30-11-15(26)25-9-3-6-12-5-1-2-7-13(12)25/h1-2,4-5,7-8,10,16-17,20,23H,3,6,9,11,21H2,(H,22,27)(H,24,28). The number of aryl methyl sites for hydroxylation is 1. The quantitative estimate of drug-likeness (QED) is 0.542. The van der Waals surface area contributed by atoms with Gasteiger partial charge in [-0.3, -0.25) is 19.7 Å². The van der Waals surface area contributed by atoms with E-state index in [1.807, 2.05) is 18.2 Å². The fraction of sp³-hybridized carbons (Fsp3) is 0.350. The lowest BCUT2D eigenvalue weighted by atomic mass is 10.0. The SMILES string of the molecule is NC1NC(SCC(=O)N2CCCc3ccccc32)NC(=O)C1NC(=O)c1cccs1. The zero-order valence-corrected chi connectivity index (χ0v) is 17.8. The van der Waals surface area contributed by atoms with E-state index < -0.39 is 17.7 Å². The lowest BCUT2D eigenvalue weighted by Crippen LogP contribution is -2.70. The van der Waals surface area contributed by atoms with E-state index in [0.717, 1.165) is 18.5 Å². The number of carbonyl (C=O) groups is 3. The van der Waals surface area contributed by atoms with Crippen molar-refractivity contribution in [1.82, 2.24) is 16.0 Å². The maximum atomic E-state index is 12.8. The molecule has 2 aromatic rings. The number of benzene rings is 1. The number of anilines is 1. The molecule has 1 saturated heterocycles. The Morgan fingerprint density at radius 3 is 2.87 bits per heavy atom. The Morgan fingerprint density at radius 1 is 1.27 bits per heavy atom. The Kier molecular flexibility index (Phi) is 6.38. The van der Waals surface area contributed by atoms with E-state index in [9.17, 15) is 14.4 Å². The molecule has 5 N–H and O–H groups in total. The monoisotopic (exact) mass is 445 g/mol. The highest BCUT2D eigenvalue weighted by Gasteiger charge is 2.36. The van der Waals surface area contributed by atoms with Gasteiger partial charge in [0.05, 0.1) is 16.8 Å². The number of hydrogen-bond donors (Lipinski definition) is 4. The summed E-state index contributed by atoms with van der Waals surface area (Å²) in [6.07, 6.45) is 1.15. The second-order valence-electron chi connectivity index (χ2n) is 7.10. The summed E-state index contributed by atoms with van der Waals surface area (Å²) in [6, 6.07) is 10.5. The molecule has 158 valence electrons. The molecule has 10 heteroatoms. The summed E-state index contributed by atoms with van der Waals surface area (Å²) in [5.74, 6) is -0.526. The Balaban J connectivity index is 1.31. The highest BCUT2D eigenvalue weighted by Crippen LogP contribution is 2.27. The number of nitrogens with one attached hydrogen (secondary N) is 3. The number of hydrogen-bond acceptors (Lipinski definition) is 7. The van der Waals surface area contributed by atoms with Gasteiger partial charge in [0, 0.05) is 12.2 Å². The number of para-hydroxylation sites is 1. The maximum Gasteiger partial charge on any atom is 0.262 e. The molecule has 1 aromatic carbocycles. The minimum Gasteiger partial charge on any atom is -0.337 e. The molecule has 1 aromatic heterocycles. The average Bonchev–Trinajstić information content (AvgIpc) is 3.29. The first-order chi connectivity index (χ1) is 14.5. The van der Waals surface area contributed by atoms with Gasteiger partial charge in [0.25, 0.3) is 5.91 Å². The number of nitrogens with two attached hydrogens (primary N) is 1. The Morgan fingerprint density at radius 2 is 2.10 bits per heavy atom. The third-order valence-corrected chi connectivity index (χ3v) is 6.94. The third-order valence-electron chi connectivity index (χ3n) is 5.08. The Bertz CT molecular complexity index is 936. The summed E-state index contributed by atoms with van der Waals surface area (Å²) >= 11 is 2.57. The zero-order chi connectivity index (χ0) is 21.1. The molecule has 4 rings (SSSR count). The van der Waals surface area contributed by atoms with E-state index in [4.69, 9.17) is 5.73 Å². The smallest absolute Gasteiger partial charge is 0.262 e. The number of rotatable bonds is 5. The molecule has 3 amide bonds. The number of fused-ring (bicyclic) bond motifs is 1. The van der Waals surface area contributed by atoms with Crippen molar-refractivity contribution in [2.45, 2.75) is 30.5 Å². The van der Waals surface area contributed by atoms with Crippen molar-refractivity contribution in [2.24, 2.45) is 5.73 Å². The molecule has 2 aliphatic heterocycles. The van der Waals surface area contributed by atoms with Crippen molar-refractivity contribution < 1.29 is 14.4 Å². The van der Waals surface area contributed by atoms with Crippen LogP contribution < -0.4 is 26.6 Å². The van der Waals surface area contributed by atoms with Gasteiger partial charge in [-0.25, -0.2) is 0 Å². The molecule has 3 unspecified atom stereocenters. The van der Waals surface area contributed by atoms with E-state index in [-0.39, 0.29) is 23.5 Å². The van der Waals surface area contributed by atoms with Crippen LogP contribution in [0.4, 0.5) is 5.69 Å². The van der Waals surface area contributed by atoms with Gasteiger partial charge in [0.1, 0.15) is 11.5 Å². The van der Waals surface area contributed by atoms with Gasteiger partial charge < -0.3 is 21.3 Å². The summed E-state index contributed by atoms with van der Waals surface area (Å²) < 4.78 is 0. The summed E-state index contributed by atoms with van der Waals surface area (Å²) in [7, 11) is 0. The first kappa shape index (κ1) is 20.9. The highest BCUT2D eigenvalue weighted by atomic mass is 32.2. The van der Waals surface area contributed by atoms with Crippen LogP contribution in [0.25, 0.3) is 0 Å². The summed E-state index contributed by atoms with van der Waals surface area (Å²) in [5, 5.41) is 10.3. The van der Waals surface area contributed by atoms with Crippen LogP contribution in [-0.2, 0) is 16.0 Å². The summed E-state index contributed by atoms with van der Waals surface area (Å²) in [6.45, 7) is 0.692. The molecule has 3 heterocycles. The van der Waals surface area contributed by atoms with E-state index in [1.54, 1.807) is 22.4 Å². The zero-order valence-electron chi connectivity index (χ0n) is 16.2. The van der Waals surface area contributed by atoms with Crippen molar-refractivity contribution in [1.29, 1.82) is 0 Å². The molecule has 0 spiro atoms. The second-order valence-corrected chi connectivity index (χ2v) is 9.14. The van der Waals surface area contributed by atoms with Crippen molar-refractivity contribution >= 4 is 46.5 Å². The molecular weight excluding hydrogens is 422 g/mol. The van der Waals surface area contributed by atoms with Gasteiger partial charge in [-0.05, 0) is 35.9 Å². The predicted octanol–water partition coefficient (Wildman–Crippen LogP) is 0.847. The number of amides is 3. The van der Waals surface area contributed by atoms with Crippen LogP contribution in [0.5, 0.6) is 0 Å². The molecule has 0 bridgehead atoms. The van der Waals surface area contributed by atoms with Gasteiger partial charge in [0.2, 0.25) is 11.8 Å². The predicted molar refractivity (Wildman–Crippen MR) is 118 cm³/mol. The minimum absolute atomic E-state index is 0.00936. The van der Waals surface area contributed by atoms with Crippen LogP contribution in [0.1, 0.15) is 21.7 Å². The molecule has 2 aliphatic rings. The van der Waals surface area contributed by atoms with Crippen molar-refractivity contribution in [3.05, 3.63) is 52.2 Å². The van der Waals surface area contributed by atoms with Crippen LogP contribution in [0.2, 0.25) is 0 Å². The second kappa shape index (κ2) is 9.17. The molecule has 30 heavy (non-hydrogen) atoms. The van der Waals surface area contributed by atoms with Gasteiger partial charge in [-0.1, -0.05) is 24.3 Å². The van der Waals surface area contributed by atoms with Crippen LogP contribution in [0.15, 0.2) is 41.8 Å². The molecule has 3 atom stereocenters. The van der Waals surface area contributed by atoms with Crippen molar-refractivity contribution in [2.75, 3.05) is 17.2 Å². The highest BCUT2D eigenvalue weighted by molar-refractivity contribution is 8.00. The van der Waals surface area contributed by atoms with Gasteiger partial charge in [0.15, 0.2) is 0 Å². The molecule has 0 saturated carbocycles. The number of thioether (sulfide) groups is 1. The fourth-order valence-electron chi connectivity index (χ4n) is 3.59. The number of carbonyl (C=O) groups excluding carboxylic acids is 3. The van der Waals surface area contributed by atoms with Gasteiger partial charge >= 0.3 is 0 Å². The van der Waals surface area contributed by atoms with Crippen molar-refractivity contribution in [3.8, 4) is 0 Å². The van der Waals surface area contributed by atoms with E-state index >= 15 is 0 Å². The lowest BCUT2D eigenvalue weighted by Gasteiger charge is -2.35. The van der Waals surface area contributed by atoms with Crippen LogP contribution in [0.3, 0.4) is 0 Å². The topological polar surface area (TPSA) is 117 Å². The van der Waals surface area contributed by atoms with Crippen LogP contribution >= 0.6 is 23.1 Å². The van der Waals surface area contributed by atoms with Crippen LogP contribution in [-0.4, -0.2) is 47.7 Å². The first-order valence-electron chi connectivity index (χ1n) is 9.69. The normalized spacial score (nSPS) is 23.4. The molecule has 0 radical (unpaired) electrons. The summed E-state index contributed by atoms with van der Waals surface area (Å²) in [5.41, 5.74) is 7.71. The fourth-order valence-corrected chi connectivity index (χ4v) is 5.13. The van der Waals surface area contributed by atoms with Crippen molar-refractivity contribution in [3.63, 3.8) is 0 Å². The van der Waals surface area contributed by atoms with E-state index in [0.29, 0.717) is 11.4 Å². The van der Waals surface area contributed by atoms with E-state index in [2.05, 4.69) is 22.0 Å². The Hall–Kier alpha value is -2.40. The molecule has 8 nitrogen and oxygen atoms in total. The lowest BCUT2D eigenvalue weighted by molar-refractivity contribution is -0.125. The van der Waals surface area contributed by atoms with Crippen LogP contribution in [0, 0.1) is 0 Å². The molecule has 0 aliphatic carbocycles. The number of nitrogens with zero attached hydrogens (tertiary/aromatic N) is 1.